The first-order valence-corrected chi connectivity index (χ1v) is 8.42. The molecule has 0 unspecified atom stereocenters. The summed E-state index contributed by atoms with van der Waals surface area (Å²) in [6.07, 6.45) is 3.40. The monoisotopic (exact) mass is 366 g/mol. The molecule has 1 atom stereocenters. The summed E-state index contributed by atoms with van der Waals surface area (Å²) in [4.78, 5) is 16.2. The van der Waals surface area contributed by atoms with Crippen LogP contribution in [0.5, 0.6) is 5.75 Å². The van der Waals surface area contributed by atoms with Gasteiger partial charge in [0.15, 0.2) is 0 Å². The van der Waals surface area contributed by atoms with E-state index in [1.54, 1.807) is 29.2 Å². The second kappa shape index (κ2) is 7.31. The van der Waals surface area contributed by atoms with Gasteiger partial charge in [-0.2, -0.15) is 5.10 Å². The van der Waals surface area contributed by atoms with E-state index < -0.39 is 5.82 Å². The molecule has 2 heterocycles. The van der Waals surface area contributed by atoms with E-state index in [0.29, 0.717) is 31.1 Å². The second-order valence-corrected chi connectivity index (χ2v) is 6.43. The fourth-order valence-electron chi connectivity index (χ4n) is 3.09. The number of ether oxygens (including phenoxy) is 1. The summed E-state index contributed by atoms with van der Waals surface area (Å²) in [5.74, 6) is 0.0437. The highest BCUT2D eigenvalue weighted by molar-refractivity contribution is 6.32. The molecule has 1 aliphatic heterocycles. The van der Waals surface area contributed by atoms with Gasteiger partial charge in [-0.05, 0) is 19.1 Å². The molecule has 0 aliphatic carbocycles. The molecule has 1 aliphatic rings. The van der Waals surface area contributed by atoms with Gasteiger partial charge in [0.2, 0.25) is 5.91 Å². The molecule has 25 heavy (non-hydrogen) atoms. The second-order valence-electron chi connectivity index (χ2n) is 6.02. The molecule has 0 radical (unpaired) electrons. The van der Waals surface area contributed by atoms with Crippen LogP contribution in [0.25, 0.3) is 0 Å². The standard InChI is InChI=1S/C17H20ClFN4O2/c1-12-10-21(15-9-16(25-2)13(18)8-14(15)19)6-7-23(12)17(24)11-22-5-3-4-20-22/h3-5,8-9,12H,6-7,10-11H2,1-2H3/t12-/m0/s1. The molecule has 6 nitrogen and oxygen atoms in total. The van der Waals surface area contributed by atoms with Gasteiger partial charge in [0.25, 0.3) is 0 Å². The summed E-state index contributed by atoms with van der Waals surface area (Å²) in [6, 6.07) is 4.60. The Kier molecular flexibility index (Phi) is 5.13. The Balaban J connectivity index is 1.70. The Morgan fingerprint density at radius 1 is 1.44 bits per heavy atom. The minimum atomic E-state index is -0.394. The minimum absolute atomic E-state index is 0.00464. The van der Waals surface area contributed by atoms with Gasteiger partial charge < -0.3 is 14.5 Å². The molecule has 1 fully saturated rings. The van der Waals surface area contributed by atoms with Crippen molar-refractivity contribution in [2.24, 2.45) is 0 Å². The molecule has 8 heteroatoms. The maximum atomic E-state index is 14.3. The first-order chi connectivity index (χ1) is 12.0. The van der Waals surface area contributed by atoms with Crippen molar-refractivity contribution in [1.29, 1.82) is 0 Å². The minimum Gasteiger partial charge on any atom is -0.495 e. The van der Waals surface area contributed by atoms with Crippen LogP contribution in [0.1, 0.15) is 6.92 Å². The highest BCUT2D eigenvalue weighted by Crippen LogP contribution is 2.33. The number of amides is 1. The molecule has 2 aromatic rings. The number of piperazine rings is 1. The van der Waals surface area contributed by atoms with Gasteiger partial charge in [0, 0.05) is 44.1 Å². The third-order valence-corrected chi connectivity index (χ3v) is 4.66. The molecular formula is C17H20ClFN4O2. The molecule has 1 amide bonds. The summed E-state index contributed by atoms with van der Waals surface area (Å²) in [7, 11) is 1.50. The maximum Gasteiger partial charge on any atom is 0.244 e. The Morgan fingerprint density at radius 3 is 2.88 bits per heavy atom. The lowest BCUT2D eigenvalue weighted by molar-refractivity contribution is -0.134. The van der Waals surface area contributed by atoms with Crippen molar-refractivity contribution in [2.75, 3.05) is 31.6 Å². The smallest absolute Gasteiger partial charge is 0.244 e. The average molecular weight is 367 g/mol. The summed E-state index contributed by atoms with van der Waals surface area (Å²) in [5, 5.41) is 4.30. The van der Waals surface area contributed by atoms with Crippen LogP contribution in [0.4, 0.5) is 10.1 Å². The third-order valence-electron chi connectivity index (χ3n) is 4.37. The Morgan fingerprint density at radius 2 is 2.24 bits per heavy atom. The number of nitrogens with zero attached hydrogens (tertiary/aromatic N) is 4. The molecule has 3 rings (SSSR count). The van der Waals surface area contributed by atoms with Gasteiger partial charge in [-0.1, -0.05) is 11.6 Å². The van der Waals surface area contributed by atoms with E-state index in [-0.39, 0.29) is 23.5 Å². The summed E-state index contributed by atoms with van der Waals surface area (Å²) in [5.41, 5.74) is 0.437. The summed E-state index contributed by atoms with van der Waals surface area (Å²) >= 11 is 5.96. The molecule has 0 N–H and O–H groups in total. The lowest BCUT2D eigenvalue weighted by atomic mass is 10.1. The van der Waals surface area contributed by atoms with Crippen molar-refractivity contribution in [3.8, 4) is 5.75 Å². The zero-order valence-corrected chi connectivity index (χ0v) is 14.9. The van der Waals surface area contributed by atoms with Crippen molar-refractivity contribution < 1.29 is 13.9 Å². The SMILES string of the molecule is COc1cc(N2CCN(C(=O)Cn3cccn3)[C@@H](C)C2)c(F)cc1Cl. The van der Waals surface area contributed by atoms with Crippen molar-refractivity contribution in [1.82, 2.24) is 14.7 Å². The number of anilines is 1. The molecule has 0 spiro atoms. The Labute approximate surface area is 150 Å². The van der Waals surface area contributed by atoms with Crippen molar-refractivity contribution in [3.05, 3.63) is 41.4 Å². The average Bonchev–Trinajstić information content (AvgIpc) is 3.07. The topological polar surface area (TPSA) is 50.6 Å². The number of carbonyl (C=O) groups is 1. The molecular weight excluding hydrogens is 347 g/mol. The van der Waals surface area contributed by atoms with Crippen molar-refractivity contribution >= 4 is 23.2 Å². The highest BCUT2D eigenvalue weighted by Gasteiger charge is 2.29. The van der Waals surface area contributed by atoms with E-state index >= 15 is 0 Å². The third kappa shape index (κ3) is 3.71. The summed E-state index contributed by atoms with van der Waals surface area (Å²) < 4.78 is 21.1. The molecule has 1 saturated heterocycles. The molecule has 0 saturated carbocycles. The van der Waals surface area contributed by atoms with Crippen LogP contribution >= 0.6 is 11.6 Å². The van der Waals surface area contributed by atoms with E-state index in [9.17, 15) is 9.18 Å². The number of halogens is 2. The van der Waals surface area contributed by atoms with Gasteiger partial charge in [0.1, 0.15) is 18.1 Å². The Hall–Kier alpha value is -2.28. The lowest BCUT2D eigenvalue weighted by Crippen LogP contribution is -2.55. The van der Waals surface area contributed by atoms with Crippen LogP contribution in [-0.4, -0.2) is 53.4 Å². The van der Waals surface area contributed by atoms with E-state index in [2.05, 4.69) is 5.10 Å². The number of methoxy groups -OCH3 is 1. The summed E-state index contributed by atoms with van der Waals surface area (Å²) in [6.45, 7) is 3.76. The molecule has 0 bridgehead atoms. The number of hydrogen-bond acceptors (Lipinski definition) is 4. The zero-order valence-electron chi connectivity index (χ0n) is 14.2. The van der Waals surface area contributed by atoms with Crippen LogP contribution < -0.4 is 9.64 Å². The highest BCUT2D eigenvalue weighted by atomic mass is 35.5. The van der Waals surface area contributed by atoms with Gasteiger partial charge >= 0.3 is 0 Å². The van der Waals surface area contributed by atoms with Gasteiger partial charge in [-0.25, -0.2) is 4.39 Å². The fourth-order valence-corrected chi connectivity index (χ4v) is 3.31. The van der Waals surface area contributed by atoms with Crippen LogP contribution in [0.3, 0.4) is 0 Å². The number of rotatable bonds is 4. The predicted octanol–water partition coefficient (Wildman–Crippen LogP) is 2.42. The van der Waals surface area contributed by atoms with E-state index in [4.69, 9.17) is 16.3 Å². The van der Waals surface area contributed by atoms with Crippen LogP contribution in [0.15, 0.2) is 30.6 Å². The van der Waals surface area contributed by atoms with E-state index in [1.165, 1.54) is 13.2 Å². The lowest BCUT2D eigenvalue weighted by Gasteiger charge is -2.41. The normalized spacial score (nSPS) is 17.7. The number of hydrogen-bond donors (Lipinski definition) is 0. The quantitative estimate of drug-likeness (QED) is 0.834. The molecule has 1 aromatic heterocycles. The zero-order chi connectivity index (χ0) is 18.0. The van der Waals surface area contributed by atoms with Crippen LogP contribution in [0, 0.1) is 5.82 Å². The van der Waals surface area contributed by atoms with Crippen molar-refractivity contribution in [2.45, 2.75) is 19.5 Å². The molecule has 134 valence electrons. The predicted molar refractivity (Wildman–Crippen MR) is 93.6 cm³/mol. The van der Waals surface area contributed by atoms with E-state index in [1.807, 2.05) is 16.7 Å². The Bertz CT molecular complexity index is 753. The fraction of sp³-hybridized carbons (Fsp3) is 0.412. The van der Waals surface area contributed by atoms with E-state index in [0.717, 1.165) is 0 Å². The van der Waals surface area contributed by atoms with Gasteiger partial charge in [0.05, 0.1) is 17.8 Å². The van der Waals surface area contributed by atoms with Gasteiger partial charge in [-0.3, -0.25) is 9.48 Å². The molecule has 1 aromatic carbocycles. The van der Waals surface area contributed by atoms with Crippen LogP contribution in [0.2, 0.25) is 5.02 Å². The van der Waals surface area contributed by atoms with Gasteiger partial charge in [-0.15, -0.1) is 0 Å². The number of aromatic nitrogens is 2. The number of carbonyl (C=O) groups excluding carboxylic acids is 1. The first-order valence-electron chi connectivity index (χ1n) is 8.04. The largest absolute Gasteiger partial charge is 0.495 e. The maximum absolute atomic E-state index is 14.3. The van der Waals surface area contributed by atoms with Crippen molar-refractivity contribution in [3.63, 3.8) is 0 Å². The van der Waals surface area contributed by atoms with Crippen LogP contribution in [-0.2, 0) is 11.3 Å². The first kappa shape index (κ1) is 17.5. The number of benzene rings is 1.